The molecule has 1 atom stereocenters. The van der Waals surface area contributed by atoms with Gasteiger partial charge in [-0.05, 0) is 18.6 Å². The van der Waals surface area contributed by atoms with E-state index in [0.29, 0.717) is 5.56 Å². The number of rotatable bonds is 3. The molecule has 0 aliphatic heterocycles. The van der Waals surface area contributed by atoms with Crippen LogP contribution in [0.3, 0.4) is 0 Å². The van der Waals surface area contributed by atoms with Crippen LogP contribution in [-0.4, -0.2) is 27.4 Å². The van der Waals surface area contributed by atoms with Crippen LogP contribution in [0.4, 0.5) is 0 Å². The predicted octanol–water partition coefficient (Wildman–Crippen LogP) is 0.689. The van der Waals surface area contributed by atoms with Gasteiger partial charge in [0.2, 0.25) is 0 Å². The van der Waals surface area contributed by atoms with Gasteiger partial charge in [0.05, 0.1) is 0 Å². The Balaban J connectivity index is 2.85. The first-order valence-corrected chi connectivity index (χ1v) is 4.20. The Hall–Kier alpha value is -1.55. The molecule has 0 aliphatic carbocycles. The van der Waals surface area contributed by atoms with Gasteiger partial charge in [0.15, 0.2) is 6.10 Å². The summed E-state index contributed by atoms with van der Waals surface area (Å²) >= 11 is 0. The van der Waals surface area contributed by atoms with Gasteiger partial charge >= 0.3 is 5.97 Å². The molecule has 0 saturated heterocycles. The second kappa shape index (κ2) is 4.11. The number of aliphatic hydroxyl groups is 1. The molecule has 0 aromatic heterocycles. The second-order valence-corrected chi connectivity index (χ2v) is 3.19. The van der Waals surface area contributed by atoms with Crippen molar-refractivity contribution in [2.75, 3.05) is 0 Å². The van der Waals surface area contributed by atoms with Crippen molar-refractivity contribution in [1.29, 1.82) is 0 Å². The third kappa shape index (κ3) is 2.47. The Labute approximate surface area is 81.4 Å². The molecule has 0 fully saturated rings. The Morgan fingerprint density at radius 1 is 1.50 bits per heavy atom. The number of phenolic OH excluding ortho intramolecular Hbond substituents is 1. The van der Waals surface area contributed by atoms with Crippen molar-refractivity contribution in [3.63, 3.8) is 0 Å². The molecule has 1 aromatic carbocycles. The van der Waals surface area contributed by atoms with Crippen molar-refractivity contribution >= 4 is 5.97 Å². The van der Waals surface area contributed by atoms with E-state index in [-0.39, 0.29) is 12.2 Å². The minimum absolute atomic E-state index is 0.0101. The molecule has 3 N–H and O–H groups in total. The van der Waals surface area contributed by atoms with E-state index in [1.807, 2.05) is 6.92 Å². The zero-order valence-corrected chi connectivity index (χ0v) is 7.77. The van der Waals surface area contributed by atoms with Crippen LogP contribution in [-0.2, 0) is 11.2 Å². The third-order valence-electron chi connectivity index (χ3n) is 1.93. The van der Waals surface area contributed by atoms with Crippen LogP contribution in [0.15, 0.2) is 18.2 Å². The summed E-state index contributed by atoms with van der Waals surface area (Å²) < 4.78 is 0. The maximum Gasteiger partial charge on any atom is 0.332 e. The zero-order valence-electron chi connectivity index (χ0n) is 7.77. The number of aliphatic carboxylic acids is 1. The highest BCUT2D eigenvalue weighted by Gasteiger charge is 2.15. The number of carboxylic acids is 1. The van der Waals surface area contributed by atoms with Gasteiger partial charge in [-0.15, -0.1) is 0 Å². The van der Waals surface area contributed by atoms with Gasteiger partial charge in [-0.2, -0.15) is 0 Å². The van der Waals surface area contributed by atoms with Gasteiger partial charge in [0.25, 0.3) is 0 Å². The normalized spacial score (nSPS) is 12.4. The molecule has 4 heteroatoms. The number of carbonyl (C=O) groups is 1. The van der Waals surface area contributed by atoms with E-state index in [1.165, 1.54) is 6.07 Å². The number of aryl methyl sites for hydroxylation is 1. The largest absolute Gasteiger partial charge is 0.508 e. The molecule has 0 spiro atoms. The maximum atomic E-state index is 10.4. The van der Waals surface area contributed by atoms with E-state index in [1.54, 1.807) is 12.1 Å². The molecular weight excluding hydrogens is 184 g/mol. The summed E-state index contributed by atoms with van der Waals surface area (Å²) in [6.07, 6.45) is -1.55. The first kappa shape index (κ1) is 10.5. The van der Waals surface area contributed by atoms with Crippen LogP contribution in [0.5, 0.6) is 5.75 Å². The van der Waals surface area contributed by atoms with Crippen molar-refractivity contribution in [2.24, 2.45) is 0 Å². The highest BCUT2D eigenvalue weighted by atomic mass is 16.4. The molecule has 4 nitrogen and oxygen atoms in total. The first-order chi connectivity index (χ1) is 6.50. The van der Waals surface area contributed by atoms with E-state index in [9.17, 15) is 9.90 Å². The van der Waals surface area contributed by atoms with E-state index in [4.69, 9.17) is 10.2 Å². The van der Waals surface area contributed by atoms with Gasteiger partial charge in [0.1, 0.15) is 5.75 Å². The van der Waals surface area contributed by atoms with Crippen LogP contribution in [0, 0.1) is 6.92 Å². The Morgan fingerprint density at radius 3 is 2.71 bits per heavy atom. The maximum absolute atomic E-state index is 10.4. The summed E-state index contributed by atoms with van der Waals surface area (Å²) in [5.74, 6) is -1.28. The molecular formula is C10H12O4. The van der Waals surface area contributed by atoms with Crippen LogP contribution in [0.2, 0.25) is 0 Å². The molecule has 0 radical (unpaired) electrons. The van der Waals surface area contributed by atoms with Crippen molar-refractivity contribution in [1.82, 2.24) is 0 Å². The monoisotopic (exact) mass is 196 g/mol. The number of hydrogen-bond donors (Lipinski definition) is 3. The van der Waals surface area contributed by atoms with Gasteiger partial charge in [-0.25, -0.2) is 4.79 Å². The van der Waals surface area contributed by atoms with Crippen molar-refractivity contribution in [3.8, 4) is 5.75 Å². The van der Waals surface area contributed by atoms with Crippen LogP contribution in [0.25, 0.3) is 0 Å². The van der Waals surface area contributed by atoms with E-state index >= 15 is 0 Å². The van der Waals surface area contributed by atoms with Gasteiger partial charge in [-0.3, -0.25) is 0 Å². The lowest BCUT2D eigenvalue weighted by Crippen LogP contribution is -2.22. The summed E-state index contributed by atoms with van der Waals surface area (Å²) in [7, 11) is 0. The molecule has 0 bridgehead atoms. The van der Waals surface area contributed by atoms with E-state index < -0.39 is 12.1 Å². The summed E-state index contributed by atoms with van der Waals surface area (Å²) in [5.41, 5.74) is 1.36. The number of benzene rings is 1. The molecule has 1 aromatic rings. The van der Waals surface area contributed by atoms with E-state index in [2.05, 4.69) is 0 Å². The zero-order chi connectivity index (χ0) is 10.7. The first-order valence-electron chi connectivity index (χ1n) is 4.20. The lowest BCUT2D eigenvalue weighted by Gasteiger charge is -2.08. The topological polar surface area (TPSA) is 77.8 Å². The fourth-order valence-corrected chi connectivity index (χ4v) is 1.17. The van der Waals surface area contributed by atoms with Crippen LogP contribution in [0.1, 0.15) is 11.1 Å². The Kier molecular flexibility index (Phi) is 3.09. The summed E-state index contributed by atoms with van der Waals surface area (Å²) in [6, 6.07) is 4.85. The average molecular weight is 196 g/mol. The van der Waals surface area contributed by atoms with Gasteiger partial charge in [-0.1, -0.05) is 17.7 Å². The SMILES string of the molecule is Cc1ccc(O)c(CC(O)C(=O)O)c1. The van der Waals surface area contributed by atoms with Crippen molar-refractivity contribution in [3.05, 3.63) is 29.3 Å². The molecule has 1 rings (SSSR count). The number of aliphatic hydroxyl groups excluding tert-OH is 1. The average Bonchev–Trinajstić information content (AvgIpc) is 2.11. The summed E-state index contributed by atoms with van der Waals surface area (Å²) in [5, 5.41) is 26.9. The number of carboxylic acid groups (broad SMARTS) is 1. The summed E-state index contributed by atoms with van der Waals surface area (Å²) in [4.78, 5) is 10.4. The van der Waals surface area contributed by atoms with E-state index in [0.717, 1.165) is 5.56 Å². The molecule has 0 amide bonds. The Morgan fingerprint density at radius 2 is 2.14 bits per heavy atom. The number of phenols is 1. The smallest absolute Gasteiger partial charge is 0.332 e. The number of hydrogen-bond acceptors (Lipinski definition) is 3. The molecule has 1 unspecified atom stereocenters. The number of aromatic hydroxyl groups is 1. The van der Waals surface area contributed by atoms with Crippen LogP contribution < -0.4 is 0 Å². The second-order valence-electron chi connectivity index (χ2n) is 3.19. The van der Waals surface area contributed by atoms with Gasteiger partial charge in [0, 0.05) is 6.42 Å². The van der Waals surface area contributed by atoms with Crippen molar-refractivity contribution < 1.29 is 20.1 Å². The lowest BCUT2D eigenvalue weighted by molar-refractivity contribution is -0.146. The standard InChI is InChI=1S/C10H12O4/c1-6-2-3-8(11)7(4-6)5-9(12)10(13)14/h2-4,9,11-12H,5H2,1H3,(H,13,14). The van der Waals surface area contributed by atoms with Crippen LogP contribution >= 0.6 is 0 Å². The molecule has 0 aliphatic rings. The predicted molar refractivity (Wildman–Crippen MR) is 50.2 cm³/mol. The summed E-state index contributed by atoms with van der Waals surface area (Å²) in [6.45, 7) is 1.83. The third-order valence-corrected chi connectivity index (χ3v) is 1.93. The highest BCUT2D eigenvalue weighted by Crippen LogP contribution is 2.19. The van der Waals surface area contributed by atoms with Gasteiger partial charge < -0.3 is 15.3 Å². The minimum Gasteiger partial charge on any atom is -0.508 e. The fourth-order valence-electron chi connectivity index (χ4n) is 1.17. The fraction of sp³-hybridized carbons (Fsp3) is 0.300. The molecule has 0 saturated carbocycles. The Bertz CT molecular complexity index is 346. The highest BCUT2D eigenvalue weighted by molar-refractivity contribution is 5.72. The van der Waals surface area contributed by atoms with Crippen molar-refractivity contribution in [2.45, 2.75) is 19.4 Å². The lowest BCUT2D eigenvalue weighted by atomic mass is 10.0. The minimum atomic E-state index is -1.47. The quantitative estimate of drug-likeness (QED) is 0.664. The molecule has 0 heterocycles. The molecule has 76 valence electrons. The molecule has 14 heavy (non-hydrogen) atoms.